The van der Waals surface area contributed by atoms with Crippen molar-refractivity contribution in [2.75, 3.05) is 12.3 Å². The van der Waals surface area contributed by atoms with Crippen LogP contribution in [-0.4, -0.2) is 49.7 Å². The maximum atomic E-state index is 11.9. The fourth-order valence-corrected chi connectivity index (χ4v) is 5.58. The lowest BCUT2D eigenvalue weighted by molar-refractivity contribution is -0.245. The molecule has 0 radical (unpaired) electrons. The molecule has 41 heavy (non-hydrogen) atoms. The zero-order chi connectivity index (χ0) is 28.6. The van der Waals surface area contributed by atoms with E-state index in [4.69, 9.17) is 9.47 Å². The Hall–Kier alpha value is -3.77. The second kappa shape index (κ2) is 13.7. The van der Waals surface area contributed by atoms with Gasteiger partial charge in [-0.3, -0.25) is 0 Å². The first-order chi connectivity index (χ1) is 20.0. The van der Waals surface area contributed by atoms with Crippen LogP contribution in [0.4, 0.5) is 4.79 Å². The van der Waals surface area contributed by atoms with Crippen LogP contribution >= 0.6 is 11.8 Å². The summed E-state index contributed by atoms with van der Waals surface area (Å²) in [5, 5.41) is 27.6. The highest BCUT2D eigenvalue weighted by atomic mass is 32.2. The third-order valence-electron chi connectivity index (χ3n) is 6.88. The summed E-state index contributed by atoms with van der Waals surface area (Å²) in [7, 11) is 1.82. The van der Waals surface area contributed by atoms with Crippen LogP contribution in [0.1, 0.15) is 48.0 Å². The summed E-state index contributed by atoms with van der Waals surface area (Å²) in [5.74, 6) is 0.670. The van der Waals surface area contributed by atoms with Gasteiger partial charge in [-0.1, -0.05) is 84.6 Å². The van der Waals surface area contributed by atoms with Gasteiger partial charge in [-0.25, -0.2) is 9.48 Å². The minimum Gasteiger partial charge on any atom is -0.392 e. The van der Waals surface area contributed by atoms with E-state index in [1.165, 1.54) is 0 Å². The van der Waals surface area contributed by atoms with Crippen LogP contribution in [0.15, 0.2) is 78.0 Å². The second-order valence-electron chi connectivity index (χ2n) is 9.74. The number of nitrogens with zero attached hydrogens (tertiary/aromatic N) is 4. The molecule has 0 spiro atoms. The van der Waals surface area contributed by atoms with Gasteiger partial charge in [0.25, 0.3) is 0 Å². The topological polar surface area (TPSA) is 123 Å². The van der Waals surface area contributed by atoms with Crippen LogP contribution in [0, 0.1) is 0 Å². The number of aliphatic hydroxyl groups is 1. The number of hydrogen-bond acceptors (Lipinski definition) is 8. The molecule has 0 unspecified atom stereocenters. The Labute approximate surface area is 243 Å². The van der Waals surface area contributed by atoms with Crippen molar-refractivity contribution >= 4 is 17.8 Å². The number of thioether (sulfide) groups is 1. The number of aromatic nitrogens is 4. The maximum Gasteiger partial charge on any atom is 0.315 e. The van der Waals surface area contributed by atoms with Gasteiger partial charge in [0.15, 0.2) is 6.29 Å². The normalized spacial score (nSPS) is 18.7. The second-order valence-corrected chi connectivity index (χ2v) is 10.7. The molecular formula is C30H34N6O4S. The number of carbonyl (C=O) groups excluding carboxylic acids is 1. The van der Waals surface area contributed by atoms with Gasteiger partial charge in [0.1, 0.15) is 0 Å². The molecule has 214 valence electrons. The van der Waals surface area contributed by atoms with E-state index in [1.54, 1.807) is 16.4 Å². The lowest BCUT2D eigenvalue weighted by atomic mass is 9.98. The van der Waals surface area contributed by atoms with Gasteiger partial charge >= 0.3 is 6.03 Å². The van der Waals surface area contributed by atoms with Gasteiger partial charge in [0, 0.05) is 37.9 Å². The minimum atomic E-state index is -0.557. The third kappa shape index (κ3) is 7.31. The SMILES string of the molecule is CCNC(=O)NCc1ccccc1-c1ccc([C@@H]2O[C@H](CSc3nnnn3C)C[C@H](c3ccc(CO)cc3)O2)cc1. The van der Waals surface area contributed by atoms with Gasteiger partial charge in [-0.15, -0.1) is 5.10 Å². The van der Waals surface area contributed by atoms with Crippen molar-refractivity contribution in [3.05, 3.63) is 95.1 Å². The first-order valence-electron chi connectivity index (χ1n) is 13.6. The van der Waals surface area contributed by atoms with Crippen LogP contribution in [0.25, 0.3) is 11.1 Å². The molecule has 2 amide bonds. The van der Waals surface area contributed by atoms with Crippen molar-refractivity contribution in [1.82, 2.24) is 30.8 Å². The van der Waals surface area contributed by atoms with Gasteiger partial charge in [-0.2, -0.15) is 0 Å². The first kappa shape index (κ1) is 28.7. The van der Waals surface area contributed by atoms with Gasteiger partial charge in [0.05, 0.1) is 18.8 Å². The van der Waals surface area contributed by atoms with Crippen LogP contribution in [0.5, 0.6) is 0 Å². The molecule has 0 bridgehead atoms. The summed E-state index contributed by atoms with van der Waals surface area (Å²) in [6, 6.07) is 23.9. The van der Waals surface area contributed by atoms with Crippen molar-refractivity contribution in [2.24, 2.45) is 7.05 Å². The summed E-state index contributed by atoms with van der Waals surface area (Å²) in [4.78, 5) is 11.9. The first-order valence-corrected chi connectivity index (χ1v) is 14.6. The molecule has 10 nitrogen and oxygen atoms in total. The average Bonchev–Trinajstić information content (AvgIpc) is 3.43. The zero-order valence-corrected chi connectivity index (χ0v) is 23.9. The molecule has 3 atom stereocenters. The molecule has 11 heteroatoms. The van der Waals surface area contributed by atoms with Crippen molar-refractivity contribution < 1.29 is 19.4 Å². The number of rotatable bonds is 10. The molecule has 0 saturated carbocycles. The van der Waals surface area contributed by atoms with Crippen LogP contribution < -0.4 is 10.6 Å². The number of benzene rings is 3. The lowest BCUT2D eigenvalue weighted by Gasteiger charge is -2.36. The molecule has 4 aromatic rings. The van der Waals surface area contributed by atoms with E-state index in [2.05, 4.69) is 44.4 Å². The molecular weight excluding hydrogens is 540 g/mol. The van der Waals surface area contributed by atoms with E-state index in [-0.39, 0.29) is 24.8 Å². The van der Waals surface area contributed by atoms with Crippen LogP contribution in [0.2, 0.25) is 0 Å². The number of ether oxygens (including phenoxy) is 2. The zero-order valence-electron chi connectivity index (χ0n) is 23.1. The minimum absolute atomic E-state index is 0.0000169. The molecule has 5 rings (SSSR count). The van der Waals surface area contributed by atoms with E-state index >= 15 is 0 Å². The summed E-state index contributed by atoms with van der Waals surface area (Å²) >= 11 is 1.55. The predicted octanol–water partition coefficient (Wildman–Crippen LogP) is 4.53. The van der Waals surface area contributed by atoms with Gasteiger partial charge in [-0.05, 0) is 45.2 Å². The Bertz CT molecular complexity index is 1430. The number of tetrazole rings is 1. The Morgan fingerprint density at radius 1 is 1.02 bits per heavy atom. The maximum absolute atomic E-state index is 11.9. The molecule has 1 aromatic heterocycles. The summed E-state index contributed by atoms with van der Waals surface area (Å²) in [5.41, 5.74) is 5.93. The molecule has 1 saturated heterocycles. The molecule has 0 aliphatic carbocycles. The summed E-state index contributed by atoms with van der Waals surface area (Å²) in [6.07, 6.45) is -0.153. The lowest BCUT2D eigenvalue weighted by Crippen LogP contribution is -2.34. The number of hydrogen-bond donors (Lipinski definition) is 3. The van der Waals surface area contributed by atoms with Crippen molar-refractivity contribution in [3.63, 3.8) is 0 Å². The molecule has 1 aliphatic heterocycles. The van der Waals surface area contributed by atoms with Crippen LogP contribution in [0.3, 0.4) is 0 Å². The molecule has 2 heterocycles. The fraction of sp³-hybridized carbons (Fsp3) is 0.333. The predicted molar refractivity (Wildman–Crippen MR) is 156 cm³/mol. The average molecular weight is 575 g/mol. The number of nitrogens with one attached hydrogen (secondary N) is 2. The van der Waals surface area contributed by atoms with Gasteiger partial charge in [0.2, 0.25) is 5.16 Å². The van der Waals surface area contributed by atoms with E-state index in [1.807, 2.05) is 68.6 Å². The Morgan fingerprint density at radius 3 is 2.49 bits per heavy atom. The third-order valence-corrected chi connectivity index (χ3v) is 8.03. The molecule has 1 fully saturated rings. The highest BCUT2D eigenvalue weighted by Gasteiger charge is 2.32. The highest BCUT2D eigenvalue weighted by molar-refractivity contribution is 7.99. The van der Waals surface area contributed by atoms with E-state index in [0.717, 1.165) is 38.5 Å². The van der Waals surface area contributed by atoms with Gasteiger partial charge < -0.3 is 25.2 Å². The summed E-state index contributed by atoms with van der Waals surface area (Å²) in [6.45, 7) is 2.89. The van der Waals surface area contributed by atoms with E-state index < -0.39 is 6.29 Å². The Balaban J connectivity index is 1.34. The standard InChI is InChI=1S/C30H34N6O4S/c1-3-31-29(38)32-17-24-6-4-5-7-26(24)21-12-14-23(15-13-21)28-39-25(19-41-30-33-34-35-36(30)2)16-27(40-28)22-10-8-20(18-37)9-11-22/h4-15,25,27-28,37H,3,16-19H2,1-2H3,(H2,31,32,38)/t25-,27+,28+/m0/s1. The number of aryl methyl sites for hydroxylation is 1. The molecule has 1 aliphatic rings. The fourth-order valence-electron chi connectivity index (χ4n) is 4.71. The number of carbonyl (C=O) groups is 1. The van der Waals surface area contributed by atoms with E-state index in [9.17, 15) is 9.90 Å². The number of amides is 2. The quantitative estimate of drug-likeness (QED) is 0.236. The number of aliphatic hydroxyl groups excluding tert-OH is 1. The van der Waals surface area contributed by atoms with Crippen molar-refractivity contribution in [2.45, 2.75) is 50.2 Å². The monoisotopic (exact) mass is 574 g/mol. The number of urea groups is 1. The highest BCUT2D eigenvalue weighted by Crippen LogP contribution is 2.39. The van der Waals surface area contributed by atoms with E-state index in [0.29, 0.717) is 25.3 Å². The largest absolute Gasteiger partial charge is 0.392 e. The Kier molecular flexibility index (Phi) is 9.63. The molecule has 3 N–H and O–H groups in total. The van der Waals surface area contributed by atoms with Crippen molar-refractivity contribution in [1.29, 1.82) is 0 Å². The van der Waals surface area contributed by atoms with Crippen LogP contribution in [-0.2, 0) is 29.7 Å². The summed E-state index contributed by atoms with van der Waals surface area (Å²) < 4.78 is 14.6. The Morgan fingerprint density at radius 2 is 1.78 bits per heavy atom. The smallest absolute Gasteiger partial charge is 0.315 e. The molecule has 3 aromatic carbocycles. The van der Waals surface area contributed by atoms with Crippen molar-refractivity contribution in [3.8, 4) is 11.1 Å².